The summed E-state index contributed by atoms with van der Waals surface area (Å²) in [5.41, 5.74) is 5.15. The molecule has 0 atom stereocenters. The second kappa shape index (κ2) is 7.27. The Labute approximate surface area is 164 Å². The molecule has 0 saturated heterocycles. The van der Waals surface area contributed by atoms with Gasteiger partial charge in [-0.1, -0.05) is 18.2 Å². The maximum Gasteiger partial charge on any atom is 0.269 e. The number of anilines is 2. The first-order valence-corrected chi connectivity index (χ1v) is 8.53. The Kier molecular flexibility index (Phi) is 4.49. The highest BCUT2D eigenvalue weighted by molar-refractivity contribution is 6.02. The van der Waals surface area contributed by atoms with Crippen LogP contribution in [0.25, 0.3) is 0 Å². The molecule has 3 aromatic carbocycles. The standard InChI is InChI=1S/C19H14N6O4/c26-24(27)17-8-6-14(7-9-17)19-20-22(15-4-2-1-3-5-15)23(21-19)16-10-12-18(13-11-16)25(28)29/h1-13H,(H,20,21). The number of amidine groups is 1. The van der Waals surface area contributed by atoms with Crippen LogP contribution in [0.2, 0.25) is 0 Å². The Hall–Kier alpha value is -4.47. The van der Waals surface area contributed by atoms with Crippen LogP contribution in [0, 0.1) is 20.2 Å². The number of rotatable bonds is 5. The van der Waals surface area contributed by atoms with Gasteiger partial charge in [-0.15, -0.1) is 5.10 Å². The summed E-state index contributed by atoms with van der Waals surface area (Å²) in [7, 11) is 0. The van der Waals surface area contributed by atoms with E-state index in [0.717, 1.165) is 5.69 Å². The van der Waals surface area contributed by atoms with Crippen LogP contribution in [-0.2, 0) is 0 Å². The summed E-state index contributed by atoms with van der Waals surface area (Å²) in [6.07, 6.45) is 0. The van der Waals surface area contributed by atoms with Gasteiger partial charge in [0.25, 0.3) is 11.4 Å². The molecule has 144 valence electrons. The van der Waals surface area contributed by atoms with Crippen LogP contribution in [0.15, 0.2) is 84.0 Å². The summed E-state index contributed by atoms with van der Waals surface area (Å²) in [6, 6.07) is 21.4. The number of hydrogen-bond donors (Lipinski definition) is 1. The van der Waals surface area contributed by atoms with Crippen molar-refractivity contribution in [2.75, 3.05) is 10.2 Å². The van der Waals surface area contributed by atoms with Crippen LogP contribution >= 0.6 is 0 Å². The van der Waals surface area contributed by atoms with E-state index in [-0.39, 0.29) is 11.4 Å². The van der Waals surface area contributed by atoms with Crippen molar-refractivity contribution in [3.63, 3.8) is 0 Å². The predicted molar refractivity (Wildman–Crippen MR) is 107 cm³/mol. The molecule has 1 N–H and O–H groups in total. The number of hydrazine groups is 2. The topological polar surface area (TPSA) is 117 Å². The van der Waals surface area contributed by atoms with Gasteiger partial charge in [0, 0.05) is 29.8 Å². The number of benzene rings is 3. The fourth-order valence-corrected chi connectivity index (χ4v) is 2.80. The van der Waals surface area contributed by atoms with Gasteiger partial charge in [-0.3, -0.25) is 25.7 Å². The van der Waals surface area contributed by atoms with E-state index in [4.69, 9.17) is 0 Å². The van der Waals surface area contributed by atoms with Crippen molar-refractivity contribution < 1.29 is 9.85 Å². The quantitative estimate of drug-likeness (QED) is 0.522. The SMILES string of the molecule is O=[N+]([O-])c1ccc(C2=NN(c3ccccc3)N(c3ccc([N+](=O)[O-])cc3)N2)cc1. The third-order valence-electron chi connectivity index (χ3n) is 4.24. The van der Waals surface area contributed by atoms with Gasteiger partial charge < -0.3 is 0 Å². The zero-order valence-electron chi connectivity index (χ0n) is 14.9. The minimum absolute atomic E-state index is 0.0144. The Morgan fingerprint density at radius 3 is 1.83 bits per heavy atom. The third-order valence-corrected chi connectivity index (χ3v) is 4.24. The Morgan fingerprint density at radius 2 is 1.28 bits per heavy atom. The first-order chi connectivity index (χ1) is 14.0. The highest BCUT2D eigenvalue weighted by Crippen LogP contribution is 2.27. The lowest BCUT2D eigenvalue weighted by molar-refractivity contribution is -0.385. The number of hydrogen-bond acceptors (Lipinski definition) is 8. The molecule has 0 amide bonds. The average Bonchev–Trinajstić information content (AvgIpc) is 3.20. The van der Waals surface area contributed by atoms with Crippen molar-refractivity contribution in [3.05, 3.63) is 105 Å². The van der Waals surface area contributed by atoms with E-state index in [9.17, 15) is 20.2 Å². The van der Waals surface area contributed by atoms with Gasteiger partial charge in [-0.2, -0.15) is 10.2 Å². The molecule has 29 heavy (non-hydrogen) atoms. The van der Waals surface area contributed by atoms with Crippen molar-refractivity contribution in [1.29, 1.82) is 0 Å². The molecule has 1 aliphatic heterocycles. The molecule has 0 bridgehead atoms. The molecule has 1 heterocycles. The van der Waals surface area contributed by atoms with Crippen molar-refractivity contribution in [3.8, 4) is 0 Å². The highest BCUT2D eigenvalue weighted by atomic mass is 16.6. The van der Waals surface area contributed by atoms with E-state index in [1.807, 2.05) is 30.3 Å². The van der Waals surface area contributed by atoms with Crippen molar-refractivity contribution >= 4 is 28.6 Å². The largest absolute Gasteiger partial charge is 0.269 e. The number of nitro benzene ring substituents is 2. The minimum atomic E-state index is -0.465. The van der Waals surface area contributed by atoms with E-state index < -0.39 is 9.85 Å². The van der Waals surface area contributed by atoms with E-state index >= 15 is 0 Å². The molecule has 0 saturated carbocycles. The summed E-state index contributed by atoms with van der Waals surface area (Å²) < 4.78 is 0. The second-order valence-corrected chi connectivity index (χ2v) is 6.07. The molecule has 0 aliphatic carbocycles. The molecule has 0 aromatic heterocycles. The average molecular weight is 390 g/mol. The summed E-state index contributed by atoms with van der Waals surface area (Å²) in [5, 5.41) is 29.6. The van der Waals surface area contributed by atoms with Crippen molar-refractivity contribution in [1.82, 2.24) is 5.43 Å². The maximum absolute atomic E-state index is 10.9. The van der Waals surface area contributed by atoms with Crippen molar-refractivity contribution in [2.45, 2.75) is 0 Å². The number of nitro groups is 2. The molecule has 3 aromatic rings. The first-order valence-electron chi connectivity index (χ1n) is 8.53. The fraction of sp³-hybridized carbons (Fsp3) is 0. The summed E-state index contributed by atoms with van der Waals surface area (Å²) in [6.45, 7) is 0. The molecule has 10 heteroatoms. The van der Waals surface area contributed by atoms with Crippen molar-refractivity contribution in [2.24, 2.45) is 5.10 Å². The van der Waals surface area contributed by atoms with Gasteiger partial charge in [0.2, 0.25) is 0 Å². The molecular formula is C19H14N6O4. The van der Waals surface area contributed by atoms with Gasteiger partial charge >= 0.3 is 0 Å². The number of para-hydroxylation sites is 1. The zero-order chi connectivity index (χ0) is 20.4. The molecule has 1 aliphatic rings. The smallest absolute Gasteiger partial charge is 0.259 e. The van der Waals surface area contributed by atoms with Crippen LogP contribution in [0.3, 0.4) is 0 Å². The van der Waals surface area contributed by atoms with Crippen LogP contribution in [0.5, 0.6) is 0 Å². The summed E-state index contributed by atoms with van der Waals surface area (Å²) >= 11 is 0. The molecular weight excluding hydrogens is 376 g/mol. The van der Waals surface area contributed by atoms with Gasteiger partial charge in [-0.25, -0.2) is 0 Å². The zero-order valence-corrected chi connectivity index (χ0v) is 14.9. The number of non-ortho nitro benzene ring substituents is 2. The fourth-order valence-electron chi connectivity index (χ4n) is 2.80. The maximum atomic E-state index is 10.9. The summed E-state index contributed by atoms with van der Waals surface area (Å²) in [5.74, 6) is 0.474. The van der Waals surface area contributed by atoms with Gasteiger partial charge in [0.1, 0.15) is 0 Å². The van der Waals surface area contributed by atoms with E-state index in [2.05, 4.69) is 10.5 Å². The van der Waals surface area contributed by atoms with Gasteiger partial charge in [0.05, 0.1) is 21.2 Å². The van der Waals surface area contributed by atoms with Gasteiger partial charge in [0.15, 0.2) is 5.84 Å². The number of nitrogens with one attached hydrogen (secondary N) is 1. The number of nitrogens with zero attached hydrogens (tertiary/aromatic N) is 5. The lowest BCUT2D eigenvalue weighted by Crippen LogP contribution is -2.44. The molecule has 0 radical (unpaired) electrons. The molecule has 10 nitrogen and oxygen atoms in total. The van der Waals surface area contributed by atoms with E-state index in [1.165, 1.54) is 24.3 Å². The van der Waals surface area contributed by atoms with Gasteiger partial charge in [-0.05, 0) is 36.4 Å². The van der Waals surface area contributed by atoms with E-state index in [1.54, 1.807) is 34.5 Å². The molecule has 0 fully saturated rings. The molecule has 0 unspecified atom stereocenters. The van der Waals surface area contributed by atoms with E-state index in [0.29, 0.717) is 17.1 Å². The predicted octanol–water partition coefficient (Wildman–Crippen LogP) is 3.61. The van der Waals surface area contributed by atoms with Crippen LogP contribution < -0.4 is 15.7 Å². The Balaban J connectivity index is 1.70. The normalized spacial score (nSPS) is 13.0. The monoisotopic (exact) mass is 390 g/mol. The Bertz CT molecular complexity index is 1080. The van der Waals surface area contributed by atoms with Crippen LogP contribution in [-0.4, -0.2) is 15.7 Å². The molecule has 4 rings (SSSR count). The lowest BCUT2D eigenvalue weighted by Gasteiger charge is -2.27. The first kappa shape index (κ1) is 17.9. The second-order valence-electron chi connectivity index (χ2n) is 6.07. The van der Waals surface area contributed by atoms with Crippen LogP contribution in [0.1, 0.15) is 5.56 Å². The highest BCUT2D eigenvalue weighted by Gasteiger charge is 2.27. The Morgan fingerprint density at radius 1 is 0.724 bits per heavy atom. The minimum Gasteiger partial charge on any atom is -0.259 e. The van der Waals surface area contributed by atoms with Crippen LogP contribution in [0.4, 0.5) is 22.7 Å². The number of hydrazone groups is 1. The molecule has 0 spiro atoms. The third kappa shape index (κ3) is 3.54. The summed E-state index contributed by atoms with van der Waals surface area (Å²) in [4.78, 5) is 20.9. The lowest BCUT2D eigenvalue weighted by atomic mass is 10.2.